The number of urea groups is 1. The number of benzene rings is 2. The van der Waals surface area contributed by atoms with Crippen LogP contribution in [0, 0.1) is 0 Å². The van der Waals surface area contributed by atoms with Crippen LogP contribution in [-0.2, 0) is 11.3 Å². The van der Waals surface area contributed by atoms with Crippen molar-refractivity contribution in [3.05, 3.63) is 76.8 Å². The Hall–Kier alpha value is -2.50. The molecule has 1 spiro atoms. The minimum atomic E-state index is -0.351. The highest BCUT2D eigenvalue weighted by molar-refractivity contribution is 6.30. The summed E-state index contributed by atoms with van der Waals surface area (Å²) >= 11 is 5.96. The second kappa shape index (κ2) is 8.25. The molecule has 1 saturated heterocycles. The number of carbonyl (C=O) groups is 1. The number of nitrogens with zero attached hydrogens (tertiary/aromatic N) is 1. The lowest BCUT2D eigenvalue weighted by molar-refractivity contribution is -0.0639. The van der Waals surface area contributed by atoms with Gasteiger partial charge in [0.15, 0.2) is 0 Å². The molecule has 2 N–H and O–H groups in total. The van der Waals surface area contributed by atoms with Crippen LogP contribution in [0.4, 0.5) is 4.79 Å². The van der Waals surface area contributed by atoms with Crippen molar-refractivity contribution in [1.82, 2.24) is 15.7 Å². The van der Waals surface area contributed by atoms with Gasteiger partial charge in [0, 0.05) is 37.5 Å². The van der Waals surface area contributed by atoms with Crippen LogP contribution in [-0.4, -0.2) is 36.2 Å². The fraction of sp³-hybridized carbons (Fsp3) is 0.318. The van der Waals surface area contributed by atoms with Crippen LogP contribution in [0.2, 0.25) is 5.02 Å². The summed E-state index contributed by atoms with van der Waals surface area (Å²) in [6.07, 6.45) is 4.51. The summed E-state index contributed by atoms with van der Waals surface area (Å²) in [5.41, 5.74) is 5.92. The summed E-state index contributed by atoms with van der Waals surface area (Å²) in [6, 6.07) is 17.9. The summed E-state index contributed by atoms with van der Waals surface area (Å²) < 4.78 is 0. The Kier molecular flexibility index (Phi) is 5.55. The Labute approximate surface area is 170 Å². The maximum atomic E-state index is 12.4. The van der Waals surface area contributed by atoms with E-state index in [9.17, 15) is 4.79 Å². The second-order valence-electron chi connectivity index (χ2n) is 7.29. The van der Waals surface area contributed by atoms with E-state index in [1.165, 1.54) is 5.56 Å². The van der Waals surface area contributed by atoms with Crippen LogP contribution in [0.1, 0.15) is 24.0 Å². The highest BCUT2D eigenvalue weighted by Gasteiger charge is 2.39. The van der Waals surface area contributed by atoms with Gasteiger partial charge in [0.05, 0.1) is 5.70 Å². The normalized spacial score (nSPS) is 17.9. The molecule has 2 heterocycles. The highest BCUT2D eigenvalue weighted by Crippen LogP contribution is 2.34. The van der Waals surface area contributed by atoms with Gasteiger partial charge in [-0.1, -0.05) is 54.1 Å². The van der Waals surface area contributed by atoms with Crippen molar-refractivity contribution in [2.24, 2.45) is 0 Å². The molecule has 2 aromatic carbocycles. The van der Waals surface area contributed by atoms with Gasteiger partial charge in [0.25, 0.3) is 0 Å². The Balaban J connectivity index is 1.28. The summed E-state index contributed by atoms with van der Waals surface area (Å²) in [7, 11) is 0. The second-order valence-corrected chi connectivity index (χ2v) is 7.72. The van der Waals surface area contributed by atoms with E-state index < -0.39 is 0 Å². The fourth-order valence-corrected chi connectivity index (χ4v) is 3.78. The zero-order valence-electron chi connectivity index (χ0n) is 15.7. The molecule has 1 fully saturated rings. The molecule has 0 aliphatic carbocycles. The first-order valence-electron chi connectivity index (χ1n) is 9.63. The van der Waals surface area contributed by atoms with Crippen molar-refractivity contribution in [3.8, 4) is 0 Å². The summed E-state index contributed by atoms with van der Waals surface area (Å²) in [5, 5.41) is 3.73. The van der Waals surface area contributed by atoms with Crippen molar-refractivity contribution in [1.29, 1.82) is 0 Å². The van der Waals surface area contributed by atoms with Crippen LogP contribution in [0.3, 0.4) is 0 Å². The molecule has 2 aliphatic rings. The molecule has 6 heteroatoms. The number of hydrogen-bond donors (Lipinski definition) is 2. The van der Waals surface area contributed by atoms with Crippen molar-refractivity contribution < 1.29 is 9.63 Å². The summed E-state index contributed by atoms with van der Waals surface area (Å²) in [5.74, 6) is 0. The number of piperidine rings is 1. The largest absolute Gasteiger partial charge is 0.338 e. The lowest BCUT2D eigenvalue weighted by Gasteiger charge is -2.36. The molecule has 0 bridgehead atoms. The molecule has 0 atom stereocenters. The Bertz CT molecular complexity index is 844. The number of nitrogens with one attached hydrogen (secondary N) is 2. The molecule has 5 nitrogen and oxygen atoms in total. The number of likely N-dealkylation sites (tertiary alicyclic amines) is 1. The highest BCUT2D eigenvalue weighted by atomic mass is 35.5. The van der Waals surface area contributed by atoms with E-state index in [1.54, 1.807) is 0 Å². The molecule has 4 rings (SSSR count). The van der Waals surface area contributed by atoms with Crippen LogP contribution in [0.5, 0.6) is 0 Å². The summed E-state index contributed by atoms with van der Waals surface area (Å²) in [6.45, 7) is 1.98. The predicted octanol–water partition coefficient (Wildman–Crippen LogP) is 4.00. The number of halogens is 1. The van der Waals surface area contributed by atoms with Crippen LogP contribution in [0.25, 0.3) is 5.70 Å². The average molecular weight is 398 g/mol. The molecule has 2 aliphatic heterocycles. The Morgan fingerprint density at radius 3 is 2.54 bits per heavy atom. The van der Waals surface area contributed by atoms with Crippen molar-refractivity contribution in [2.45, 2.75) is 24.9 Å². The molecular weight excluding hydrogens is 374 g/mol. The van der Waals surface area contributed by atoms with E-state index in [1.807, 2.05) is 47.4 Å². The fourth-order valence-electron chi connectivity index (χ4n) is 3.66. The molecule has 2 aromatic rings. The first-order valence-corrected chi connectivity index (χ1v) is 10.0. The van der Waals surface area contributed by atoms with Gasteiger partial charge in [-0.15, -0.1) is 0 Å². The van der Waals surface area contributed by atoms with Crippen molar-refractivity contribution in [2.75, 3.05) is 19.6 Å². The van der Waals surface area contributed by atoms with E-state index in [0.29, 0.717) is 24.7 Å². The molecule has 0 saturated carbocycles. The van der Waals surface area contributed by atoms with Crippen molar-refractivity contribution >= 4 is 23.3 Å². The Morgan fingerprint density at radius 2 is 1.82 bits per heavy atom. The van der Waals surface area contributed by atoms with Crippen LogP contribution < -0.4 is 10.8 Å². The average Bonchev–Trinajstić information content (AvgIpc) is 3.13. The van der Waals surface area contributed by atoms with Crippen molar-refractivity contribution in [3.63, 3.8) is 0 Å². The third-order valence-corrected chi connectivity index (χ3v) is 5.61. The minimum absolute atomic E-state index is 0.00126. The first-order chi connectivity index (χ1) is 13.6. The number of rotatable bonds is 4. The monoisotopic (exact) mass is 397 g/mol. The molecular formula is C22H24ClN3O2. The van der Waals surface area contributed by atoms with Crippen LogP contribution >= 0.6 is 11.6 Å². The van der Waals surface area contributed by atoms with Gasteiger partial charge >= 0.3 is 6.03 Å². The molecule has 2 amide bonds. The quantitative estimate of drug-likeness (QED) is 0.819. The topological polar surface area (TPSA) is 53.6 Å². The lowest BCUT2D eigenvalue weighted by atomic mass is 9.90. The van der Waals surface area contributed by atoms with Gasteiger partial charge in [-0.3, -0.25) is 10.3 Å². The third kappa shape index (κ3) is 4.32. The van der Waals surface area contributed by atoms with E-state index in [4.69, 9.17) is 16.4 Å². The van der Waals surface area contributed by atoms with Gasteiger partial charge in [-0.05, 0) is 35.8 Å². The number of hydrogen-bond acceptors (Lipinski definition) is 3. The van der Waals surface area contributed by atoms with Gasteiger partial charge in [-0.25, -0.2) is 4.79 Å². The van der Waals surface area contributed by atoms with Crippen LogP contribution in [0.15, 0.2) is 60.7 Å². The Morgan fingerprint density at radius 1 is 1.11 bits per heavy atom. The number of hydroxylamine groups is 1. The minimum Gasteiger partial charge on any atom is -0.338 e. The summed E-state index contributed by atoms with van der Waals surface area (Å²) in [4.78, 5) is 20.2. The van der Waals surface area contributed by atoms with Gasteiger partial charge < -0.3 is 10.2 Å². The third-order valence-electron chi connectivity index (χ3n) is 5.36. The molecule has 28 heavy (non-hydrogen) atoms. The molecule has 146 valence electrons. The number of carbonyl (C=O) groups excluding carboxylic acids is 1. The maximum absolute atomic E-state index is 12.4. The van der Waals surface area contributed by atoms with Gasteiger partial charge in [0.2, 0.25) is 0 Å². The van der Waals surface area contributed by atoms with Gasteiger partial charge in [0.1, 0.15) is 5.60 Å². The van der Waals surface area contributed by atoms with E-state index in [0.717, 1.165) is 30.5 Å². The zero-order valence-corrected chi connectivity index (χ0v) is 16.4. The zero-order chi connectivity index (χ0) is 19.4. The maximum Gasteiger partial charge on any atom is 0.317 e. The lowest BCUT2D eigenvalue weighted by Crippen LogP contribution is -2.50. The first kappa shape index (κ1) is 18.8. The molecule has 0 aromatic heterocycles. The van der Waals surface area contributed by atoms with E-state index >= 15 is 0 Å². The SMILES string of the molecule is O=C(NCCc1ccccc1)N1CCC2(C=C(c3ccc(Cl)cc3)NO2)CC1. The number of amides is 2. The van der Waals surface area contributed by atoms with Gasteiger partial charge in [-0.2, -0.15) is 0 Å². The standard InChI is InChI=1S/C22H24ClN3O2/c23-19-8-6-18(7-9-19)20-16-22(28-25-20)11-14-26(15-12-22)21(27)24-13-10-17-4-2-1-3-5-17/h1-9,16,25H,10-15H2,(H,24,27). The molecule has 0 radical (unpaired) electrons. The van der Waals surface area contributed by atoms with E-state index in [2.05, 4.69) is 29.0 Å². The smallest absolute Gasteiger partial charge is 0.317 e. The van der Waals surface area contributed by atoms with E-state index in [-0.39, 0.29) is 11.6 Å². The predicted molar refractivity (Wildman–Crippen MR) is 111 cm³/mol. The molecule has 0 unspecified atom stereocenters.